The molecule has 0 aliphatic carbocycles. The van der Waals surface area contributed by atoms with Crippen LogP contribution in [0.15, 0.2) is 0 Å². The Bertz CT molecular complexity index is 257. The molecule has 0 spiro atoms. The van der Waals surface area contributed by atoms with Crippen molar-refractivity contribution in [3.05, 3.63) is 0 Å². The molecule has 2 N–H and O–H groups in total. The molecule has 2 heterocycles. The molecule has 0 amide bonds. The molecular weight excluding hydrogens is 316 g/mol. The molecule has 0 radical (unpaired) electrons. The van der Waals surface area contributed by atoms with Gasteiger partial charge in [0.25, 0.3) is 0 Å². The Morgan fingerprint density at radius 1 is 0.636 bits per heavy atom. The predicted octanol–water partition coefficient (Wildman–Crippen LogP) is 2.06. The molecule has 2 fully saturated rings. The van der Waals surface area contributed by atoms with Crippen molar-refractivity contribution in [2.75, 3.05) is 50.8 Å². The third-order valence-corrected chi connectivity index (χ3v) is 6.96. The highest BCUT2D eigenvalue weighted by atomic mass is 33.1. The summed E-state index contributed by atoms with van der Waals surface area (Å²) in [5.41, 5.74) is 0. The SMILES string of the molecule is OC(CSSCC(O)CN1CCCCC1)CN1CCCCC1. The van der Waals surface area contributed by atoms with E-state index in [2.05, 4.69) is 9.80 Å². The van der Waals surface area contributed by atoms with Gasteiger partial charge < -0.3 is 20.0 Å². The number of likely N-dealkylation sites (tertiary alicyclic amines) is 2. The van der Waals surface area contributed by atoms with Gasteiger partial charge in [-0.3, -0.25) is 0 Å². The number of hydrogen-bond donors (Lipinski definition) is 2. The smallest absolute Gasteiger partial charge is 0.0765 e. The first-order chi connectivity index (χ1) is 10.7. The van der Waals surface area contributed by atoms with Gasteiger partial charge in [-0.15, -0.1) is 0 Å². The lowest BCUT2D eigenvalue weighted by atomic mass is 10.1. The van der Waals surface area contributed by atoms with Crippen molar-refractivity contribution in [3.63, 3.8) is 0 Å². The fraction of sp³-hybridized carbons (Fsp3) is 1.00. The van der Waals surface area contributed by atoms with E-state index in [0.29, 0.717) is 0 Å². The van der Waals surface area contributed by atoms with Crippen LogP contribution in [0.2, 0.25) is 0 Å². The number of nitrogens with zero attached hydrogens (tertiary/aromatic N) is 2. The highest BCUT2D eigenvalue weighted by molar-refractivity contribution is 8.76. The van der Waals surface area contributed by atoms with Crippen molar-refractivity contribution in [1.29, 1.82) is 0 Å². The molecule has 2 rings (SSSR count). The molecule has 130 valence electrons. The van der Waals surface area contributed by atoms with Crippen LogP contribution in [0.5, 0.6) is 0 Å². The van der Waals surface area contributed by atoms with Crippen LogP contribution >= 0.6 is 21.6 Å². The average molecular weight is 349 g/mol. The maximum absolute atomic E-state index is 10.1. The topological polar surface area (TPSA) is 46.9 Å². The Labute approximate surface area is 143 Å². The van der Waals surface area contributed by atoms with Crippen molar-refractivity contribution in [2.24, 2.45) is 0 Å². The average Bonchev–Trinajstić information content (AvgIpc) is 2.53. The van der Waals surface area contributed by atoms with Gasteiger partial charge in [0.15, 0.2) is 0 Å². The standard InChI is InChI=1S/C16H32N2O2S2/c19-15(11-17-7-3-1-4-8-17)13-21-22-14-16(20)12-18-9-5-2-6-10-18/h15-16,19-20H,1-14H2. The third kappa shape index (κ3) is 7.88. The van der Waals surface area contributed by atoms with Crippen molar-refractivity contribution in [2.45, 2.75) is 50.7 Å². The lowest BCUT2D eigenvalue weighted by molar-refractivity contribution is 0.116. The number of aliphatic hydroxyl groups is 2. The molecule has 6 heteroatoms. The molecule has 2 saturated heterocycles. The Morgan fingerprint density at radius 3 is 1.36 bits per heavy atom. The van der Waals surface area contributed by atoms with Gasteiger partial charge >= 0.3 is 0 Å². The Kier molecular flexibility index (Phi) is 9.57. The van der Waals surface area contributed by atoms with E-state index in [1.54, 1.807) is 21.6 Å². The summed E-state index contributed by atoms with van der Waals surface area (Å²) in [5.74, 6) is 1.52. The number of piperidine rings is 2. The summed E-state index contributed by atoms with van der Waals surface area (Å²) in [6.45, 7) is 6.19. The number of hydrogen-bond acceptors (Lipinski definition) is 6. The summed E-state index contributed by atoms with van der Waals surface area (Å²) in [6.07, 6.45) is 7.30. The monoisotopic (exact) mass is 348 g/mol. The highest BCUT2D eigenvalue weighted by Gasteiger charge is 2.16. The molecule has 2 unspecified atom stereocenters. The maximum Gasteiger partial charge on any atom is 0.0765 e. The van der Waals surface area contributed by atoms with Gasteiger partial charge in [-0.25, -0.2) is 0 Å². The van der Waals surface area contributed by atoms with Crippen molar-refractivity contribution < 1.29 is 10.2 Å². The minimum Gasteiger partial charge on any atom is -0.391 e. The number of β-amino-alcohol motifs (C(OH)–C–C–N with tert-alkyl or cyclic N) is 2. The minimum absolute atomic E-state index is 0.241. The summed E-state index contributed by atoms with van der Waals surface area (Å²) >= 11 is 0. The Hall–Kier alpha value is 0.540. The quantitative estimate of drug-likeness (QED) is 0.491. The van der Waals surface area contributed by atoms with E-state index >= 15 is 0 Å². The van der Waals surface area contributed by atoms with E-state index in [9.17, 15) is 10.2 Å². The summed E-state index contributed by atoms with van der Waals surface area (Å²) in [5, 5.41) is 20.2. The largest absolute Gasteiger partial charge is 0.391 e. The van der Waals surface area contributed by atoms with Crippen molar-refractivity contribution >= 4 is 21.6 Å². The molecule has 2 aliphatic heterocycles. The number of rotatable bonds is 9. The molecule has 0 aromatic carbocycles. The zero-order valence-electron chi connectivity index (χ0n) is 13.7. The summed E-state index contributed by atoms with van der Waals surface area (Å²) < 4.78 is 0. The van der Waals surface area contributed by atoms with Gasteiger partial charge in [0, 0.05) is 24.6 Å². The van der Waals surface area contributed by atoms with E-state index in [-0.39, 0.29) is 12.2 Å². The highest BCUT2D eigenvalue weighted by Crippen LogP contribution is 2.24. The molecule has 22 heavy (non-hydrogen) atoms. The van der Waals surface area contributed by atoms with E-state index in [1.165, 1.54) is 38.5 Å². The van der Waals surface area contributed by atoms with Crippen LogP contribution < -0.4 is 0 Å². The van der Waals surface area contributed by atoms with Crippen LogP contribution in [0.1, 0.15) is 38.5 Å². The van der Waals surface area contributed by atoms with Crippen molar-refractivity contribution in [1.82, 2.24) is 9.80 Å². The lowest BCUT2D eigenvalue weighted by Crippen LogP contribution is -2.37. The molecule has 0 aromatic rings. The van der Waals surface area contributed by atoms with E-state index in [1.807, 2.05) is 0 Å². The van der Waals surface area contributed by atoms with Gasteiger partial charge in [0.1, 0.15) is 0 Å². The zero-order chi connectivity index (χ0) is 15.6. The fourth-order valence-electron chi connectivity index (χ4n) is 3.24. The van der Waals surface area contributed by atoms with Crippen LogP contribution in [-0.2, 0) is 0 Å². The second-order valence-electron chi connectivity index (χ2n) is 6.60. The second kappa shape index (κ2) is 11.2. The third-order valence-electron chi connectivity index (χ3n) is 4.44. The molecule has 2 aliphatic rings. The normalized spacial score (nSPS) is 24.3. The predicted molar refractivity (Wildman–Crippen MR) is 97.5 cm³/mol. The van der Waals surface area contributed by atoms with Gasteiger partial charge in [0.2, 0.25) is 0 Å². The van der Waals surface area contributed by atoms with Crippen molar-refractivity contribution in [3.8, 4) is 0 Å². The summed E-state index contributed by atoms with van der Waals surface area (Å²) in [6, 6.07) is 0. The van der Waals surface area contributed by atoms with Crippen LogP contribution in [0.25, 0.3) is 0 Å². The first kappa shape index (κ1) is 18.9. The van der Waals surface area contributed by atoms with Crippen LogP contribution in [0.4, 0.5) is 0 Å². The van der Waals surface area contributed by atoms with Gasteiger partial charge in [0.05, 0.1) is 12.2 Å². The molecule has 0 bridgehead atoms. The first-order valence-corrected chi connectivity index (χ1v) is 11.3. The minimum atomic E-state index is -0.241. The summed E-state index contributed by atoms with van der Waals surface area (Å²) in [4.78, 5) is 4.76. The van der Waals surface area contributed by atoms with Crippen LogP contribution in [0, 0.1) is 0 Å². The molecule has 4 nitrogen and oxygen atoms in total. The van der Waals surface area contributed by atoms with Crippen LogP contribution in [-0.4, -0.2) is 83.0 Å². The van der Waals surface area contributed by atoms with Gasteiger partial charge in [-0.05, 0) is 51.9 Å². The molecule has 0 saturated carbocycles. The fourth-order valence-corrected chi connectivity index (χ4v) is 5.48. The Morgan fingerprint density at radius 2 is 1.00 bits per heavy atom. The van der Waals surface area contributed by atoms with E-state index < -0.39 is 0 Å². The van der Waals surface area contributed by atoms with Gasteiger partial charge in [-0.2, -0.15) is 0 Å². The zero-order valence-corrected chi connectivity index (χ0v) is 15.3. The number of aliphatic hydroxyl groups excluding tert-OH is 2. The maximum atomic E-state index is 10.1. The van der Waals surface area contributed by atoms with Crippen LogP contribution in [0.3, 0.4) is 0 Å². The molecule has 0 aromatic heterocycles. The Balaban J connectivity index is 1.46. The summed E-state index contributed by atoms with van der Waals surface area (Å²) in [7, 11) is 3.40. The van der Waals surface area contributed by atoms with Gasteiger partial charge in [-0.1, -0.05) is 34.4 Å². The molecule has 2 atom stereocenters. The van der Waals surface area contributed by atoms with E-state index in [4.69, 9.17) is 0 Å². The second-order valence-corrected chi connectivity index (χ2v) is 9.15. The first-order valence-electron chi connectivity index (χ1n) is 8.79. The lowest BCUT2D eigenvalue weighted by Gasteiger charge is -2.28. The van der Waals surface area contributed by atoms with E-state index in [0.717, 1.165) is 50.8 Å². The molecular formula is C16H32N2O2S2.